The van der Waals surface area contributed by atoms with Crippen LogP contribution in [0.4, 0.5) is 0 Å². The Morgan fingerprint density at radius 2 is 2.15 bits per heavy atom. The molecule has 0 aliphatic carbocycles. The summed E-state index contributed by atoms with van der Waals surface area (Å²) in [5, 5.41) is 3.84. The molecule has 7 heteroatoms. The van der Waals surface area contributed by atoms with Crippen molar-refractivity contribution in [3.05, 3.63) is 30.1 Å². The van der Waals surface area contributed by atoms with Gasteiger partial charge in [-0.1, -0.05) is 24.6 Å². The van der Waals surface area contributed by atoms with Crippen molar-refractivity contribution < 1.29 is 12.9 Å². The normalized spacial score (nSPS) is 13.3. The van der Waals surface area contributed by atoms with Gasteiger partial charge in [0.2, 0.25) is 0 Å². The summed E-state index contributed by atoms with van der Waals surface area (Å²) < 4.78 is 28.2. The van der Waals surface area contributed by atoms with Crippen LogP contribution < -0.4 is 5.73 Å². The minimum Gasteiger partial charge on any atom is -0.334 e. The van der Waals surface area contributed by atoms with Gasteiger partial charge < -0.3 is 10.3 Å². The Hall–Kier alpha value is -1.73. The van der Waals surface area contributed by atoms with Crippen molar-refractivity contribution in [1.29, 1.82) is 0 Å². The highest BCUT2D eigenvalue weighted by atomic mass is 32.2. The molecule has 0 spiro atoms. The molecule has 108 valence electrons. The number of nitrogens with two attached hydrogens (primary N) is 1. The van der Waals surface area contributed by atoms with E-state index in [-0.39, 0.29) is 16.8 Å². The topological polar surface area (TPSA) is 99.1 Å². The molecule has 0 radical (unpaired) electrons. The first-order chi connectivity index (χ1) is 9.41. The molecule has 2 rings (SSSR count). The van der Waals surface area contributed by atoms with Crippen LogP contribution >= 0.6 is 0 Å². The average molecular weight is 295 g/mol. The molecule has 0 fully saturated rings. The molecule has 1 atom stereocenters. The maximum atomic E-state index is 11.5. The summed E-state index contributed by atoms with van der Waals surface area (Å²) in [5.41, 5.74) is 6.48. The number of benzene rings is 1. The predicted molar refractivity (Wildman–Crippen MR) is 74.7 cm³/mol. The van der Waals surface area contributed by atoms with Crippen LogP contribution in [0.3, 0.4) is 0 Å². The third-order valence-electron chi connectivity index (χ3n) is 2.88. The van der Waals surface area contributed by atoms with Crippen molar-refractivity contribution in [2.75, 3.05) is 6.26 Å². The highest BCUT2D eigenvalue weighted by molar-refractivity contribution is 7.90. The van der Waals surface area contributed by atoms with Crippen LogP contribution in [0.1, 0.15) is 31.6 Å². The van der Waals surface area contributed by atoms with Crippen LogP contribution in [-0.2, 0) is 9.84 Å². The van der Waals surface area contributed by atoms with Gasteiger partial charge in [0.1, 0.15) is 0 Å². The van der Waals surface area contributed by atoms with Gasteiger partial charge in [-0.05, 0) is 24.6 Å². The average Bonchev–Trinajstić information content (AvgIpc) is 2.88. The van der Waals surface area contributed by atoms with Crippen LogP contribution in [0.5, 0.6) is 0 Å². The number of sulfone groups is 1. The number of hydrogen-bond acceptors (Lipinski definition) is 6. The Bertz CT molecular complexity index is 694. The molecule has 0 amide bonds. The van der Waals surface area contributed by atoms with Gasteiger partial charge in [0.05, 0.1) is 10.9 Å². The van der Waals surface area contributed by atoms with E-state index >= 15 is 0 Å². The van der Waals surface area contributed by atoms with Gasteiger partial charge in [-0.2, -0.15) is 4.98 Å². The third kappa shape index (κ3) is 3.23. The van der Waals surface area contributed by atoms with E-state index in [4.69, 9.17) is 10.3 Å². The van der Waals surface area contributed by atoms with Crippen molar-refractivity contribution in [3.63, 3.8) is 0 Å². The summed E-state index contributed by atoms with van der Waals surface area (Å²) in [6.45, 7) is 2.02. The van der Waals surface area contributed by atoms with Gasteiger partial charge in [-0.3, -0.25) is 0 Å². The lowest BCUT2D eigenvalue weighted by atomic mass is 10.2. The first-order valence-electron chi connectivity index (χ1n) is 6.31. The first-order valence-corrected chi connectivity index (χ1v) is 8.20. The fourth-order valence-electron chi connectivity index (χ4n) is 1.80. The van der Waals surface area contributed by atoms with E-state index in [9.17, 15) is 8.42 Å². The molecule has 1 aromatic carbocycles. The van der Waals surface area contributed by atoms with E-state index < -0.39 is 9.84 Å². The Kier molecular flexibility index (Phi) is 4.20. The highest BCUT2D eigenvalue weighted by Crippen LogP contribution is 2.22. The highest BCUT2D eigenvalue weighted by Gasteiger charge is 2.16. The zero-order valence-corrected chi connectivity index (χ0v) is 12.2. The zero-order valence-electron chi connectivity index (χ0n) is 11.4. The summed E-state index contributed by atoms with van der Waals surface area (Å²) in [7, 11) is -3.27. The van der Waals surface area contributed by atoms with Gasteiger partial charge >= 0.3 is 0 Å². The number of nitrogens with zero attached hydrogens (tertiary/aromatic N) is 2. The molecule has 0 saturated carbocycles. The summed E-state index contributed by atoms with van der Waals surface area (Å²) in [5.74, 6) is 0.712. The minimum absolute atomic E-state index is 0.215. The van der Waals surface area contributed by atoms with E-state index in [1.54, 1.807) is 12.1 Å². The quantitative estimate of drug-likeness (QED) is 0.905. The lowest BCUT2D eigenvalue weighted by Crippen LogP contribution is -2.11. The molecule has 6 nitrogen and oxygen atoms in total. The van der Waals surface area contributed by atoms with E-state index in [0.29, 0.717) is 11.4 Å². The molecule has 2 aromatic rings. The standard InChI is InChI=1S/C13H17N3O3S/c1-3-5-11(14)12-15-13(19-16-12)9-6-4-7-10(8-9)20(2,17)18/h4,6-8,11H,3,5,14H2,1-2H3. The van der Waals surface area contributed by atoms with Crippen molar-refractivity contribution in [1.82, 2.24) is 10.1 Å². The van der Waals surface area contributed by atoms with E-state index in [0.717, 1.165) is 19.1 Å². The zero-order chi connectivity index (χ0) is 14.8. The first kappa shape index (κ1) is 14.7. The lowest BCUT2D eigenvalue weighted by Gasteiger charge is -2.02. The lowest BCUT2D eigenvalue weighted by molar-refractivity contribution is 0.413. The molecular formula is C13H17N3O3S. The van der Waals surface area contributed by atoms with Gasteiger partial charge in [-0.25, -0.2) is 8.42 Å². The van der Waals surface area contributed by atoms with Gasteiger partial charge in [0, 0.05) is 11.8 Å². The van der Waals surface area contributed by atoms with Crippen LogP contribution in [0, 0.1) is 0 Å². The van der Waals surface area contributed by atoms with E-state index in [1.807, 2.05) is 6.92 Å². The molecule has 1 aromatic heterocycles. The predicted octanol–water partition coefficient (Wildman–Crippen LogP) is 1.94. The SMILES string of the molecule is CCCC(N)c1noc(-c2cccc(S(C)(=O)=O)c2)n1. The number of hydrogen-bond donors (Lipinski definition) is 1. The van der Waals surface area contributed by atoms with Gasteiger partial charge in [0.15, 0.2) is 15.7 Å². The van der Waals surface area contributed by atoms with Crippen molar-refractivity contribution in [3.8, 4) is 11.5 Å². The van der Waals surface area contributed by atoms with Crippen molar-refractivity contribution >= 4 is 9.84 Å². The molecule has 20 heavy (non-hydrogen) atoms. The second kappa shape index (κ2) is 5.72. The fraction of sp³-hybridized carbons (Fsp3) is 0.385. The Balaban J connectivity index is 2.33. The summed E-state index contributed by atoms with van der Waals surface area (Å²) in [6.07, 6.45) is 2.85. The van der Waals surface area contributed by atoms with Crippen LogP contribution in [-0.4, -0.2) is 24.8 Å². The fourth-order valence-corrected chi connectivity index (χ4v) is 2.47. The number of aromatic nitrogens is 2. The second-order valence-electron chi connectivity index (χ2n) is 4.65. The second-order valence-corrected chi connectivity index (χ2v) is 6.67. The maximum Gasteiger partial charge on any atom is 0.258 e. The summed E-state index contributed by atoms with van der Waals surface area (Å²) in [4.78, 5) is 4.44. The monoisotopic (exact) mass is 295 g/mol. The minimum atomic E-state index is -3.27. The summed E-state index contributed by atoms with van der Waals surface area (Å²) in [6, 6.07) is 6.13. The van der Waals surface area contributed by atoms with Gasteiger partial charge in [-0.15, -0.1) is 0 Å². The Morgan fingerprint density at radius 1 is 1.40 bits per heavy atom. The molecule has 2 N–H and O–H groups in total. The Morgan fingerprint density at radius 3 is 2.80 bits per heavy atom. The van der Waals surface area contributed by atoms with E-state index in [2.05, 4.69) is 10.1 Å². The molecule has 0 aliphatic heterocycles. The molecule has 0 bridgehead atoms. The maximum absolute atomic E-state index is 11.5. The smallest absolute Gasteiger partial charge is 0.258 e. The number of rotatable bonds is 5. The van der Waals surface area contributed by atoms with E-state index in [1.165, 1.54) is 12.1 Å². The molecule has 1 heterocycles. The van der Waals surface area contributed by atoms with Crippen LogP contribution in [0.15, 0.2) is 33.7 Å². The Labute approximate surface area is 117 Å². The van der Waals surface area contributed by atoms with Gasteiger partial charge in [0.25, 0.3) is 5.89 Å². The molecule has 0 aliphatic rings. The summed E-state index contributed by atoms with van der Waals surface area (Å²) >= 11 is 0. The van der Waals surface area contributed by atoms with Crippen molar-refractivity contribution in [2.45, 2.75) is 30.7 Å². The largest absolute Gasteiger partial charge is 0.334 e. The molecule has 0 saturated heterocycles. The van der Waals surface area contributed by atoms with Crippen LogP contribution in [0.25, 0.3) is 11.5 Å². The molecule has 1 unspecified atom stereocenters. The third-order valence-corrected chi connectivity index (χ3v) is 3.99. The van der Waals surface area contributed by atoms with Crippen molar-refractivity contribution in [2.24, 2.45) is 5.73 Å². The molecular weight excluding hydrogens is 278 g/mol. The van der Waals surface area contributed by atoms with Crippen LogP contribution in [0.2, 0.25) is 0 Å².